The molecule has 1 N–H and O–H groups in total. The highest BCUT2D eigenvalue weighted by molar-refractivity contribution is 6.05. The van der Waals surface area contributed by atoms with Crippen molar-refractivity contribution >= 4 is 28.7 Å². The number of carboxylic acid groups (broad SMARTS) is 1. The van der Waals surface area contributed by atoms with Gasteiger partial charge in [0.2, 0.25) is 11.8 Å². The lowest BCUT2D eigenvalue weighted by atomic mass is 9.96. The quantitative estimate of drug-likeness (QED) is 0.550. The summed E-state index contributed by atoms with van der Waals surface area (Å²) in [5, 5.41) is 10.3. The molecule has 0 atom stereocenters. The smallest absolute Gasteiger partial charge is 0.336 e. The van der Waals surface area contributed by atoms with Gasteiger partial charge in [-0.1, -0.05) is 0 Å². The molecule has 2 aliphatic rings. The number of nitrogens with zero attached hydrogens (tertiary/aromatic N) is 4. The number of aromatic nitrogens is 1. The average molecular weight is 509 g/mol. The highest BCUT2D eigenvalue weighted by Gasteiger charge is 2.30. The largest absolute Gasteiger partial charge is 0.478 e. The van der Waals surface area contributed by atoms with Crippen molar-refractivity contribution in [3.8, 4) is 11.3 Å². The van der Waals surface area contributed by atoms with Gasteiger partial charge in [0.05, 0.1) is 29.9 Å². The minimum Gasteiger partial charge on any atom is -0.478 e. The first-order valence-electron chi connectivity index (χ1n) is 12.2. The summed E-state index contributed by atoms with van der Waals surface area (Å²) in [7, 11) is 0. The Bertz CT molecular complexity index is 1370. The van der Waals surface area contributed by atoms with E-state index in [2.05, 4.69) is 4.98 Å². The van der Waals surface area contributed by atoms with Gasteiger partial charge in [0, 0.05) is 49.2 Å². The number of hydrogen-bond acceptors (Lipinski definition) is 5. The van der Waals surface area contributed by atoms with Crippen LogP contribution in [0, 0.1) is 11.6 Å². The first-order valence-corrected chi connectivity index (χ1v) is 12.2. The van der Waals surface area contributed by atoms with Gasteiger partial charge in [-0.2, -0.15) is 0 Å². The molecule has 0 bridgehead atoms. The molecule has 5 rings (SSSR count). The fraction of sp³-hybridized carbons (Fsp3) is 0.333. The number of benzene rings is 2. The van der Waals surface area contributed by atoms with Crippen LogP contribution in [0.1, 0.15) is 28.8 Å². The number of carbonyl (C=O) groups excluding carboxylic acids is 2. The van der Waals surface area contributed by atoms with Crippen LogP contribution in [0.15, 0.2) is 42.5 Å². The maximum absolute atomic E-state index is 14.1. The number of hydrogen-bond donors (Lipinski definition) is 1. The fourth-order valence-corrected chi connectivity index (χ4v) is 5.03. The van der Waals surface area contributed by atoms with E-state index in [1.54, 1.807) is 9.80 Å². The molecule has 0 unspecified atom stereocenters. The summed E-state index contributed by atoms with van der Waals surface area (Å²) in [6.45, 7) is 2.26. The molecular formula is C27H26F2N4O4. The molecule has 10 heteroatoms. The molecule has 0 radical (unpaired) electrons. The Kier molecular flexibility index (Phi) is 6.84. The van der Waals surface area contributed by atoms with E-state index in [-0.39, 0.29) is 42.4 Å². The number of likely N-dealkylation sites (tertiary alicyclic amines) is 1. The molecule has 2 amide bonds. The number of amides is 2. The zero-order valence-corrected chi connectivity index (χ0v) is 20.1. The number of fused-ring (bicyclic) bond motifs is 1. The SMILES string of the molecule is O=C(O)c1c(CN2CCN(CC(=O)N3CCCC3)C(=O)C2)c(-c2ccc(F)cc2)nc2ccc(F)cc12. The zero-order valence-electron chi connectivity index (χ0n) is 20.1. The normalized spacial score (nSPS) is 16.5. The van der Waals surface area contributed by atoms with Crippen LogP contribution in [0.5, 0.6) is 0 Å². The van der Waals surface area contributed by atoms with Crippen molar-refractivity contribution in [3.05, 3.63) is 65.2 Å². The van der Waals surface area contributed by atoms with Crippen molar-refractivity contribution < 1.29 is 28.3 Å². The molecule has 0 aliphatic carbocycles. The Morgan fingerprint density at radius 1 is 0.946 bits per heavy atom. The minimum absolute atomic E-state index is 0.00359. The zero-order chi connectivity index (χ0) is 26.1. The van der Waals surface area contributed by atoms with Gasteiger partial charge in [0.25, 0.3) is 0 Å². The van der Waals surface area contributed by atoms with E-state index in [4.69, 9.17) is 0 Å². The lowest BCUT2D eigenvalue weighted by Gasteiger charge is -2.35. The fourth-order valence-electron chi connectivity index (χ4n) is 5.03. The van der Waals surface area contributed by atoms with Crippen LogP contribution in [-0.4, -0.2) is 81.8 Å². The van der Waals surface area contributed by atoms with Crippen LogP contribution >= 0.6 is 0 Å². The number of carboxylic acids is 1. The Morgan fingerprint density at radius 2 is 1.65 bits per heavy atom. The molecule has 0 saturated carbocycles. The molecule has 2 aliphatic heterocycles. The van der Waals surface area contributed by atoms with Crippen molar-refractivity contribution in [2.75, 3.05) is 39.3 Å². The van der Waals surface area contributed by atoms with Gasteiger partial charge in [0.1, 0.15) is 11.6 Å². The van der Waals surface area contributed by atoms with Crippen LogP contribution in [0.3, 0.4) is 0 Å². The molecular weight excluding hydrogens is 482 g/mol. The maximum atomic E-state index is 14.1. The van der Waals surface area contributed by atoms with Crippen LogP contribution in [-0.2, 0) is 16.1 Å². The van der Waals surface area contributed by atoms with Crippen molar-refractivity contribution in [2.24, 2.45) is 0 Å². The highest BCUT2D eigenvalue weighted by Crippen LogP contribution is 2.32. The molecule has 2 aromatic carbocycles. The van der Waals surface area contributed by atoms with E-state index in [9.17, 15) is 28.3 Å². The van der Waals surface area contributed by atoms with Crippen molar-refractivity contribution in [1.82, 2.24) is 19.7 Å². The van der Waals surface area contributed by atoms with E-state index in [0.29, 0.717) is 48.5 Å². The van der Waals surface area contributed by atoms with E-state index in [1.807, 2.05) is 0 Å². The first kappa shape index (κ1) is 24.8. The van der Waals surface area contributed by atoms with Crippen LogP contribution < -0.4 is 0 Å². The predicted octanol–water partition coefficient (Wildman–Crippen LogP) is 3.14. The monoisotopic (exact) mass is 508 g/mol. The third-order valence-electron chi connectivity index (χ3n) is 6.94. The lowest BCUT2D eigenvalue weighted by Crippen LogP contribution is -2.53. The number of carbonyl (C=O) groups is 3. The third kappa shape index (κ3) is 5.15. The summed E-state index contributed by atoms with van der Waals surface area (Å²) >= 11 is 0. The molecule has 0 spiro atoms. The molecule has 37 heavy (non-hydrogen) atoms. The van der Waals surface area contributed by atoms with E-state index < -0.39 is 17.6 Å². The van der Waals surface area contributed by atoms with Gasteiger partial charge in [-0.3, -0.25) is 14.5 Å². The molecule has 3 aromatic rings. The second kappa shape index (κ2) is 10.2. The lowest BCUT2D eigenvalue weighted by molar-refractivity contribution is -0.143. The molecule has 3 heterocycles. The molecule has 1 aromatic heterocycles. The average Bonchev–Trinajstić information content (AvgIpc) is 3.41. The number of pyridine rings is 1. The van der Waals surface area contributed by atoms with Crippen molar-refractivity contribution in [2.45, 2.75) is 19.4 Å². The number of halogens is 2. The van der Waals surface area contributed by atoms with E-state index in [1.165, 1.54) is 41.3 Å². The standard InChI is InChI=1S/C27H26F2N4O4/c28-18-5-3-17(4-6-18)26-21(25(27(36)37)20-13-19(29)7-8-22(20)30-26)14-31-11-12-33(23(34)15-31)16-24(35)32-9-1-2-10-32/h3-8,13H,1-2,9-12,14-16H2,(H,36,37). The van der Waals surface area contributed by atoms with Crippen LogP contribution in [0.4, 0.5) is 8.78 Å². The molecule has 8 nitrogen and oxygen atoms in total. The van der Waals surface area contributed by atoms with Gasteiger partial charge >= 0.3 is 5.97 Å². The Hall–Kier alpha value is -3.92. The topological polar surface area (TPSA) is 94.0 Å². The summed E-state index contributed by atoms with van der Waals surface area (Å²) < 4.78 is 27.7. The van der Waals surface area contributed by atoms with Crippen molar-refractivity contribution in [3.63, 3.8) is 0 Å². The maximum Gasteiger partial charge on any atom is 0.336 e. The third-order valence-corrected chi connectivity index (χ3v) is 6.94. The summed E-state index contributed by atoms with van der Waals surface area (Å²) in [5.74, 6) is -2.58. The number of piperazine rings is 1. The second-order valence-corrected chi connectivity index (χ2v) is 9.40. The predicted molar refractivity (Wildman–Crippen MR) is 132 cm³/mol. The number of rotatable bonds is 6. The van der Waals surface area contributed by atoms with Crippen molar-refractivity contribution in [1.29, 1.82) is 0 Å². The van der Waals surface area contributed by atoms with Gasteiger partial charge < -0.3 is 14.9 Å². The first-order chi connectivity index (χ1) is 17.8. The van der Waals surface area contributed by atoms with Gasteiger partial charge in [-0.05, 0) is 55.3 Å². The number of aromatic carboxylic acids is 1. The van der Waals surface area contributed by atoms with Gasteiger partial charge in [0.15, 0.2) is 0 Å². The van der Waals surface area contributed by atoms with Crippen LogP contribution in [0.2, 0.25) is 0 Å². The highest BCUT2D eigenvalue weighted by atomic mass is 19.1. The molecule has 2 fully saturated rings. The molecule has 2 saturated heterocycles. The summed E-state index contributed by atoms with van der Waals surface area (Å²) in [6.07, 6.45) is 1.94. The van der Waals surface area contributed by atoms with Gasteiger partial charge in [-0.25, -0.2) is 18.6 Å². The summed E-state index contributed by atoms with van der Waals surface area (Å²) in [5.41, 5.74) is 1.33. The Labute approximate surface area is 212 Å². The van der Waals surface area contributed by atoms with Crippen LogP contribution in [0.25, 0.3) is 22.2 Å². The summed E-state index contributed by atoms with van der Waals surface area (Å²) in [6, 6.07) is 9.29. The second-order valence-electron chi connectivity index (χ2n) is 9.40. The van der Waals surface area contributed by atoms with E-state index >= 15 is 0 Å². The Morgan fingerprint density at radius 3 is 2.32 bits per heavy atom. The Balaban J connectivity index is 1.46. The summed E-state index contributed by atoms with van der Waals surface area (Å²) in [4.78, 5) is 47.6. The van der Waals surface area contributed by atoms with E-state index in [0.717, 1.165) is 18.9 Å². The molecule has 192 valence electrons. The minimum atomic E-state index is -1.25. The van der Waals surface area contributed by atoms with Gasteiger partial charge in [-0.15, -0.1) is 0 Å².